The zero-order chi connectivity index (χ0) is 15.3. The van der Waals surface area contributed by atoms with Crippen LogP contribution in [0.5, 0.6) is 5.75 Å². The van der Waals surface area contributed by atoms with Crippen molar-refractivity contribution in [1.29, 1.82) is 0 Å². The van der Waals surface area contributed by atoms with Crippen molar-refractivity contribution in [3.8, 4) is 5.75 Å². The molecule has 1 aromatic rings. The number of phenols is 1. The summed E-state index contributed by atoms with van der Waals surface area (Å²) in [6.45, 7) is 5.46. The minimum absolute atomic E-state index is 0.161. The molecule has 0 aromatic heterocycles. The summed E-state index contributed by atoms with van der Waals surface area (Å²) in [7, 11) is 0. The molecule has 4 N–H and O–H groups in total. The van der Waals surface area contributed by atoms with E-state index >= 15 is 0 Å². The van der Waals surface area contributed by atoms with Crippen molar-refractivity contribution >= 4 is 17.6 Å². The van der Waals surface area contributed by atoms with E-state index < -0.39 is 11.7 Å². The van der Waals surface area contributed by atoms with Crippen LogP contribution in [-0.2, 0) is 4.74 Å². The SMILES string of the molecule is CC(C)(C)OC(=O)Nc1ccc(C(=O)CCN)cc1O. The summed E-state index contributed by atoms with van der Waals surface area (Å²) in [5.41, 5.74) is 5.21. The number of Topliss-reactive ketones (excluding diaryl/α,β-unsaturated/α-hetero) is 1. The average Bonchev–Trinajstić information content (AvgIpc) is 2.29. The fourth-order valence-corrected chi connectivity index (χ4v) is 1.50. The van der Waals surface area contributed by atoms with Gasteiger partial charge in [-0.2, -0.15) is 0 Å². The van der Waals surface area contributed by atoms with E-state index in [9.17, 15) is 14.7 Å². The number of nitrogens with one attached hydrogen (secondary N) is 1. The van der Waals surface area contributed by atoms with Crippen LogP contribution in [0.4, 0.5) is 10.5 Å². The minimum Gasteiger partial charge on any atom is -0.506 e. The number of phenolic OH excluding ortho intramolecular Hbond substituents is 1. The second-order valence-corrected chi connectivity index (χ2v) is 5.32. The van der Waals surface area contributed by atoms with Gasteiger partial charge in [0, 0.05) is 12.0 Å². The van der Waals surface area contributed by atoms with Gasteiger partial charge in [-0.05, 0) is 45.5 Å². The van der Waals surface area contributed by atoms with Crippen molar-refractivity contribution in [1.82, 2.24) is 0 Å². The van der Waals surface area contributed by atoms with Crippen molar-refractivity contribution in [3.05, 3.63) is 23.8 Å². The summed E-state index contributed by atoms with van der Waals surface area (Å²) in [6, 6.07) is 4.26. The molecule has 0 saturated heterocycles. The molecule has 0 saturated carbocycles. The summed E-state index contributed by atoms with van der Waals surface area (Å²) in [4.78, 5) is 23.2. The topological polar surface area (TPSA) is 102 Å². The van der Waals surface area contributed by atoms with Gasteiger partial charge in [-0.1, -0.05) is 0 Å². The number of nitrogens with two attached hydrogens (primary N) is 1. The van der Waals surface area contributed by atoms with Gasteiger partial charge in [-0.25, -0.2) is 4.79 Å². The third-order valence-electron chi connectivity index (χ3n) is 2.33. The molecule has 6 heteroatoms. The summed E-state index contributed by atoms with van der Waals surface area (Å²) >= 11 is 0. The van der Waals surface area contributed by atoms with Crippen molar-refractivity contribution in [2.24, 2.45) is 5.73 Å². The van der Waals surface area contributed by atoms with Gasteiger partial charge < -0.3 is 15.6 Å². The Morgan fingerprint density at radius 2 is 2.00 bits per heavy atom. The zero-order valence-corrected chi connectivity index (χ0v) is 11.9. The van der Waals surface area contributed by atoms with Crippen LogP contribution in [0.15, 0.2) is 18.2 Å². The van der Waals surface area contributed by atoms with Crippen LogP contribution in [0.2, 0.25) is 0 Å². The lowest BCUT2D eigenvalue weighted by Crippen LogP contribution is -2.27. The Hall–Kier alpha value is -2.08. The maximum atomic E-state index is 11.6. The molecular weight excluding hydrogens is 260 g/mol. The first-order valence-corrected chi connectivity index (χ1v) is 6.29. The van der Waals surface area contributed by atoms with Crippen molar-refractivity contribution in [3.63, 3.8) is 0 Å². The molecule has 0 fully saturated rings. The van der Waals surface area contributed by atoms with Crippen molar-refractivity contribution < 1.29 is 19.4 Å². The standard InChI is InChI=1S/C14H20N2O4/c1-14(2,3)20-13(19)16-10-5-4-9(8-12(10)18)11(17)6-7-15/h4-5,8,18H,6-7,15H2,1-3H3,(H,16,19). The van der Waals surface area contributed by atoms with Crippen LogP contribution in [0.3, 0.4) is 0 Å². The quantitative estimate of drug-likeness (QED) is 0.580. The molecule has 0 bridgehead atoms. The molecule has 1 amide bonds. The Kier molecular flexibility index (Phi) is 5.10. The molecule has 0 radical (unpaired) electrons. The normalized spacial score (nSPS) is 11.0. The number of rotatable bonds is 4. The van der Waals surface area contributed by atoms with E-state index in [0.29, 0.717) is 5.56 Å². The number of carbonyl (C=O) groups excluding carboxylic acids is 2. The van der Waals surface area contributed by atoms with Crippen molar-refractivity contribution in [2.45, 2.75) is 32.8 Å². The average molecular weight is 280 g/mol. The van der Waals surface area contributed by atoms with Crippen LogP contribution in [0, 0.1) is 0 Å². The smallest absolute Gasteiger partial charge is 0.412 e. The molecule has 0 aliphatic heterocycles. The summed E-state index contributed by atoms with van der Waals surface area (Å²) < 4.78 is 5.07. The largest absolute Gasteiger partial charge is 0.506 e. The number of aromatic hydroxyl groups is 1. The lowest BCUT2D eigenvalue weighted by molar-refractivity contribution is 0.0635. The van der Waals surface area contributed by atoms with E-state index in [1.54, 1.807) is 20.8 Å². The highest BCUT2D eigenvalue weighted by atomic mass is 16.6. The second kappa shape index (κ2) is 6.38. The number of ether oxygens (including phenoxy) is 1. The number of amides is 1. The van der Waals surface area contributed by atoms with Crippen LogP contribution in [-0.4, -0.2) is 29.1 Å². The Balaban J connectivity index is 2.79. The predicted octanol–water partition coefficient (Wildman–Crippen LogP) is 2.27. The number of carbonyl (C=O) groups is 2. The van der Waals surface area contributed by atoms with Gasteiger partial charge in [0.2, 0.25) is 0 Å². The Morgan fingerprint density at radius 1 is 1.35 bits per heavy atom. The van der Waals surface area contributed by atoms with Gasteiger partial charge in [0.05, 0.1) is 5.69 Å². The van der Waals surface area contributed by atoms with Gasteiger partial charge >= 0.3 is 6.09 Å². The summed E-state index contributed by atoms with van der Waals surface area (Å²) in [5.74, 6) is -0.356. The van der Waals surface area contributed by atoms with E-state index in [1.165, 1.54) is 18.2 Å². The number of hydrogen-bond acceptors (Lipinski definition) is 5. The molecule has 0 aliphatic rings. The molecule has 0 spiro atoms. The lowest BCUT2D eigenvalue weighted by atomic mass is 10.1. The van der Waals surface area contributed by atoms with Crippen molar-refractivity contribution in [2.75, 3.05) is 11.9 Å². The number of benzene rings is 1. The van der Waals surface area contributed by atoms with E-state index in [1.807, 2.05) is 0 Å². The minimum atomic E-state index is -0.672. The van der Waals surface area contributed by atoms with Crippen LogP contribution >= 0.6 is 0 Å². The fourth-order valence-electron chi connectivity index (χ4n) is 1.50. The third-order valence-corrected chi connectivity index (χ3v) is 2.33. The Bertz CT molecular complexity index is 506. The maximum absolute atomic E-state index is 11.6. The van der Waals surface area contributed by atoms with Gasteiger partial charge in [-0.3, -0.25) is 10.1 Å². The van der Waals surface area contributed by atoms with Gasteiger partial charge in [0.25, 0.3) is 0 Å². The number of anilines is 1. The first kappa shape index (κ1) is 16.0. The predicted molar refractivity (Wildman–Crippen MR) is 76.0 cm³/mol. The molecule has 0 aliphatic carbocycles. The molecule has 6 nitrogen and oxygen atoms in total. The Labute approximate surface area is 117 Å². The zero-order valence-electron chi connectivity index (χ0n) is 11.9. The summed E-state index contributed by atoms with van der Waals surface area (Å²) in [6.07, 6.45) is -0.466. The first-order chi connectivity index (χ1) is 9.23. The number of hydrogen-bond donors (Lipinski definition) is 3. The van der Waals surface area contributed by atoms with Gasteiger partial charge in [0.1, 0.15) is 11.4 Å². The van der Waals surface area contributed by atoms with Crippen LogP contribution in [0.25, 0.3) is 0 Å². The van der Waals surface area contributed by atoms with E-state index in [0.717, 1.165) is 0 Å². The molecule has 0 heterocycles. The van der Waals surface area contributed by atoms with E-state index in [4.69, 9.17) is 10.5 Å². The first-order valence-electron chi connectivity index (χ1n) is 6.29. The molecule has 0 unspecified atom stereocenters. The molecule has 0 atom stereocenters. The van der Waals surface area contributed by atoms with Crippen LogP contribution in [0.1, 0.15) is 37.6 Å². The fraction of sp³-hybridized carbons (Fsp3) is 0.429. The molecule has 1 rings (SSSR count). The summed E-state index contributed by atoms with van der Waals surface area (Å²) in [5, 5.41) is 12.2. The molecule has 20 heavy (non-hydrogen) atoms. The van der Waals surface area contributed by atoms with Gasteiger partial charge in [-0.15, -0.1) is 0 Å². The lowest BCUT2D eigenvalue weighted by Gasteiger charge is -2.20. The maximum Gasteiger partial charge on any atom is 0.412 e. The highest BCUT2D eigenvalue weighted by Gasteiger charge is 2.17. The molecule has 110 valence electrons. The molecular formula is C14H20N2O4. The second-order valence-electron chi connectivity index (χ2n) is 5.32. The number of ketones is 1. The molecule has 1 aromatic carbocycles. The van der Waals surface area contributed by atoms with Crippen LogP contribution < -0.4 is 11.1 Å². The Morgan fingerprint density at radius 3 is 2.50 bits per heavy atom. The third kappa shape index (κ3) is 4.89. The van der Waals surface area contributed by atoms with E-state index in [2.05, 4.69) is 5.32 Å². The highest BCUT2D eigenvalue weighted by molar-refractivity contribution is 5.98. The van der Waals surface area contributed by atoms with E-state index in [-0.39, 0.29) is 30.2 Å². The highest BCUT2D eigenvalue weighted by Crippen LogP contribution is 2.25. The van der Waals surface area contributed by atoms with Gasteiger partial charge in [0.15, 0.2) is 5.78 Å². The monoisotopic (exact) mass is 280 g/mol.